The molecule has 2 aromatic carbocycles. The number of halogens is 1. The maximum atomic E-state index is 8.96. The van der Waals surface area contributed by atoms with Gasteiger partial charge in [0, 0.05) is 22.8 Å². The lowest BCUT2D eigenvalue weighted by Crippen LogP contribution is -2.03. The quantitative estimate of drug-likeness (QED) is 0.919. The average molecular weight is 287 g/mol. The van der Waals surface area contributed by atoms with Gasteiger partial charge in [0.2, 0.25) is 0 Å². The Labute approximate surface area is 123 Å². The number of nitrogens with zero attached hydrogens (tertiary/aromatic N) is 1. The van der Waals surface area contributed by atoms with E-state index in [2.05, 4.69) is 11.4 Å². The van der Waals surface area contributed by atoms with E-state index in [1.54, 1.807) is 19.2 Å². The van der Waals surface area contributed by atoms with Crippen molar-refractivity contribution in [3.05, 3.63) is 58.1 Å². The molecule has 0 bridgehead atoms. The largest absolute Gasteiger partial charge is 0.496 e. The lowest BCUT2D eigenvalue weighted by Gasteiger charge is -2.13. The fraction of sp³-hybridized carbons (Fsp3) is 0.188. The van der Waals surface area contributed by atoms with Crippen LogP contribution in [0.15, 0.2) is 36.4 Å². The summed E-state index contributed by atoms with van der Waals surface area (Å²) in [6, 6.07) is 13.2. The van der Waals surface area contributed by atoms with Crippen molar-refractivity contribution in [1.29, 1.82) is 5.26 Å². The molecule has 0 aliphatic rings. The zero-order valence-corrected chi connectivity index (χ0v) is 12.2. The SMILES string of the molecule is COc1ccc(C#N)cc1CNc1cccc(Cl)c1C. The zero-order valence-electron chi connectivity index (χ0n) is 11.4. The molecule has 0 fully saturated rings. The van der Waals surface area contributed by atoms with E-state index < -0.39 is 0 Å². The molecule has 4 heteroatoms. The molecule has 0 saturated heterocycles. The molecular weight excluding hydrogens is 272 g/mol. The average Bonchev–Trinajstić information content (AvgIpc) is 2.48. The van der Waals surface area contributed by atoms with Gasteiger partial charge < -0.3 is 10.1 Å². The summed E-state index contributed by atoms with van der Waals surface area (Å²) in [5.74, 6) is 0.760. The van der Waals surface area contributed by atoms with Crippen LogP contribution in [0.2, 0.25) is 5.02 Å². The topological polar surface area (TPSA) is 45.0 Å². The molecule has 20 heavy (non-hydrogen) atoms. The van der Waals surface area contributed by atoms with Crippen LogP contribution in [0.3, 0.4) is 0 Å². The monoisotopic (exact) mass is 286 g/mol. The molecule has 0 atom stereocenters. The van der Waals surface area contributed by atoms with Crippen LogP contribution in [0.4, 0.5) is 5.69 Å². The predicted octanol–water partition coefficient (Wildman–Crippen LogP) is 4.14. The number of methoxy groups -OCH3 is 1. The van der Waals surface area contributed by atoms with Crippen LogP contribution < -0.4 is 10.1 Å². The maximum absolute atomic E-state index is 8.96. The molecule has 2 rings (SSSR count). The van der Waals surface area contributed by atoms with Crippen LogP contribution in [-0.4, -0.2) is 7.11 Å². The van der Waals surface area contributed by atoms with Gasteiger partial charge in [-0.15, -0.1) is 0 Å². The van der Waals surface area contributed by atoms with Crippen LogP contribution in [0.5, 0.6) is 5.75 Å². The van der Waals surface area contributed by atoms with Crippen molar-refractivity contribution in [3.63, 3.8) is 0 Å². The minimum Gasteiger partial charge on any atom is -0.496 e. The third kappa shape index (κ3) is 3.04. The van der Waals surface area contributed by atoms with Gasteiger partial charge in [0.25, 0.3) is 0 Å². The van der Waals surface area contributed by atoms with E-state index in [1.807, 2.05) is 31.2 Å². The van der Waals surface area contributed by atoms with E-state index in [1.165, 1.54) is 0 Å². The number of anilines is 1. The molecule has 0 amide bonds. The lowest BCUT2D eigenvalue weighted by atomic mass is 10.1. The summed E-state index contributed by atoms with van der Waals surface area (Å²) in [4.78, 5) is 0. The van der Waals surface area contributed by atoms with Gasteiger partial charge in [0.15, 0.2) is 0 Å². The fourth-order valence-electron chi connectivity index (χ4n) is 1.98. The van der Waals surface area contributed by atoms with Gasteiger partial charge in [-0.1, -0.05) is 17.7 Å². The van der Waals surface area contributed by atoms with E-state index >= 15 is 0 Å². The van der Waals surface area contributed by atoms with E-state index in [0.717, 1.165) is 27.6 Å². The Morgan fingerprint density at radius 2 is 2.10 bits per heavy atom. The van der Waals surface area contributed by atoms with E-state index in [9.17, 15) is 0 Å². The van der Waals surface area contributed by atoms with E-state index in [0.29, 0.717) is 12.1 Å². The van der Waals surface area contributed by atoms with Crippen LogP contribution in [0.25, 0.3) is 0 Å². The molecule has 0 aliphatic carbocycles. The first kappa shape index (κ1) is 14.2. The standard InChI is InChI=1S/C16H15ClN2O/c1-11-14(17)4-3-5-15(11)19-10-13-8-12(9-18)6-7-16(13)20-2/h3-8,19H,10H2,1-2H3. The van der Waals surface area contributed by atoms with Gasteiger partial charge in [-0.3, -0.25) is 0 Å². The fourth-order valence-corrected chi connectivity index (χ4v) is 2.15. The third-order valence-electron chi connectivity index (χ3n) is 3.15. The molecule has 0 radical (unpaired) electrons. The number of rotatable bonds is 4. The third-order valence-corrected chi connectivity index (χ3v) is 3.56. The number of hydrogen-bond acceptors (Lipinski definition) is 3. The number of hydrogen-bond donors (Lipinski definition) is 1. The van der Waals surface area contributed by atoms with Crippen molar-refractivity contribution in [2.45, 2.75) is 13.5 Å². The van der Waals surface area contributed by atoms with Gasteiger partial charge in [-0.05, 0) is 42.8 Å². The minimum absolute atomic E-state index is 0.569. The summed E-state index contributed by atoms with van der Waals surface area (Å²) >= 11 is 6.09. The molecule has 1 N–H and O–H groups in total. The summed E-state index contributed by atoms with van der Waals surface area (Å²) in [6.07, 6.45) is 0. The van der Waals surface area contributed by atoms with Gasteiger partial charge >= 0.3 is 0 Å². The van der Waals surface area contributed by atoms with Crippen LogP contribution in [0, 0.1) is 18.3 Å². The normalized spacial score (nSPS) is 9.90. The molecule has 0 aliphatic heterocycles. The highest BCUT2D eigenvalue weighted by atomic mass is 35.5. The summed E-state index contributed by atoms with van der Waals surface area (Å²) in [5.41, 5.74) is 3.53. The Balaban J connectivity index is 2.22. The Kier molecular flexibility index (Phi) is 4.49. The summed E-state index contributed by atoms with van der Waals surface area (Å²) in [7, 11) is 1.62. The van der Waals surface area contributed by atoms with Crippen LogP contribution >= 0.6 is 11.6 Å². The molecule has 0 heterocycles. The summed E-state index contributed by atoms with van der Waals surface area (Å²) < 4.78 is 5.31. The molecular formula is C16H15ClN2O. The van der Waals surface area contributed by atoms with Gasteiger partial charge in [-0.25, -0.2) is 0 Å². The van der Waals surface area contributed by atoms with Gasteiger partial charge in [0.1, 0.15) is 5.75 Å². The van der Waals surface area contributed by atoms with E-state index in [-0.39, 0.29) is 0 Å². The maximum Gasteiger partial charge on any atom is 0.123 e. The highest BCUT2D eigenvalue weighted by molar-refractivity contribution is 6.31. The van der Waals surface area contributed by atoms with E-state index in [4.69, 9.17) is 21.6 Å². The van der Waals surface area contributed by atoms with Crippen molar-refractivity contribution in [1.82, 2.24) is 0 Å². The molecule has 0 saturated carbocycles. The summed E-state index contributed by atoms with van der Waals surface area (Å²) in [5, 5.41) is 13.0. The molecule has 0 unspecified atom stereocenters. The first-order valence-corrected chi connectivity index (χ1v) is 6.59. The molecule has 3 nitrogen and oxygen atoms in total. The Morgan fingerprint density at radius 3 is 2.80 bits per heavy atom. The van der Waals surface area contributed by atoms with Crippen molar-refractivity contribution in [2.75, 3.05) is 12.4 Å². The number of benzene rings is 2. The first-order valence-electron chi connectivity index (χ1n) is 6.21. The summed E-state index contributed by atoms with van der Waals surface area (Å²) in [6.45, 7) is 2.54. The van der Waals surface area contributed by atoms with Gasteiger partial charge in [-0.2, -0.15) is 5.26 Å². The first-order chi connectivity index (χ1) is 9.65. The van der Waals surface area contributed by atoms with Gasteiger partial charge in [0.05, 0.1) is 18.7 Å². The van der Waals surface area contributed by atoms with Crippen LogP contribution in [0.1, 0.15) is 16.7 Å². The zero-order chi connectivity index (χ0) is 14.5. The Hall–Kier alpha value is -2.18. The number of nitrogens with one attached hydrogen (secondary N) is 1. The number of ether oxygens (including phenoxy) is 1. The number of nitriles is 1. The molecule has 0 spiro atoms. The second-order valence-electron chi connectivity index (χ2n) is 4.40. The second-order valence-corrected chi connectivity index (χ2v) is 4.81. The van der Waals surface area contributed by atoms with Crippen molar-refractivity contribution >= 4 is 17.3 Å². The Bertz CT molecular complexity index is 662. The highest BCUT2D eigenvalue weighted by Crippen LogP contribution is 2.25. The smallest absolute Gasteiger partial charge is 0.123 e. The lowest BCUT2D eigenvalue weighted by molar-refractivity contribution is 0.410. The molecule has 0 aromatic heterocycles. The molecule has 2 aromatic rings. The molecule has 102 valence electrons. The van der Waals surface area contributed by atoms with Crippen molar-refractivity contribution in [2.24, 2.45) is 0 Å². The van der Waals surface area contributed by atoms with Crippen LogP contribution in [-0.2, 0) is 6.54 Å². The Morgan fingerprint density at radius 1 is 1.30 bits per heavy atom. The van der Waals surface area contributed by atoms with Crippen molar-refractivity contribution in [3.8, 4) is 11.8 Å². The predicted molar refractivity (Wildman–Crippen MR) is 81.2 cm³/mol. The second kappa shape index (κ2) is 6.31. The van der Waals surface area contributed by atoms with Crippen molar-refractivity contribution < 1.29 is 4.74 Å². The highest BCUT2D eigenvalue weighted by Gasteiger charge is 2.06. The minimum atomic E-state index is 0.569.